The van der Waals surface area contributed by atoms with Crippen molar-refractivity contribution in [3.8, 4) is 5.75 Å². The molecule has 114 valence electrons. The maximum atomic E-state index is 6.50. The van der Waals surface area contributed by atoms with Crippen LogP contribution in [0, 0.1) is 0 Å². The number of nitrogens with two attached hydrogens (primary N) is 1. The lowest BCUT2D eigenvalue weighted by Crippen LogP contribution is -2.39. The highest BCUT2D eigenvalue weighted by molar-refractivity contribution is 9.10. The molecule has 0 fully saturated rings. The molecule has 0 heterocycles. The topological polar surface area (TPSA) is 44.5 Å². The molecule has 0 bridgehead atoms. The van der Waals surface area contributed by atoms with Gasteiger partial charge in [0.05, 0.1) is 17.7 Å². The Morgan fingerprint density at radius 1 is 1.20 bits per heavy atom. The van der Waals surface area contributed by atoms with Crippen LogP contribution < -0.4 is 10.5 Å². The molecule has 0 aliphatic rings. The van der Waals surface area contributed by atoms with Crippen LogP contribution in [-0.4, -0.2) is 22.0 Å². The van der Waals surface area contributed by atoms with E-state index >= 15 is 0 Å². The van der Waals surface area contributed by atoms with E-state index < -0.39 is 8.32 Å². The molecule has 0 saturated heterocycles. The first-order chi connectivity index (χ1) is 9.55. The van der Waals surface area contributed by atoms with Crippen LogP contribution in [0.15, 0.2) is 22.7 Å². The zero-order valence-corrected chi connectivity index (χ0v) is 15.5. The second kappa shape index (κ2) is 8.17. The van der Waals surface area contributed by atoms with Gasteiger partial charge in [0.1, 0.15) is 5.75 Å². The van der Waals surface area contributed by atoms with Gasteiger partial charge in [0.2, 0.25) is 0 Å². The number of benzene rings is 1. The summed E-state index contributed by atoms with van der Waals surface area (Å²) in [5.41, 5.74) is 7.07. The molecule has 1 rings (SSSR count). The summed E-state index contributed by atoms with van der Waals surface area (Å²) >= 11 is 3.53. The highest BCUT2D eigenvalue weighted by Crippen LogP contribution is 2.33. The number of rotatable bonds is 8. The Balaban J connectivity index is 2.98. The van der Waals surface area contributed by atoms with Gasteiger partial charge in [-0.05, 0) is 51.8 Å². The Hall–Kier alpha value is -0.363. The lowest BCUT2D eigenvalue weighted by atomic mass is 10.1. The third-order valence-corrected chi connectivity index (χ3v) is 9.36. The van der Waals surface area contributed by atoms with Crippen LogP contribution in [0.3, 0.4) is 0 Å². The number of hydrogen-bond acceptors (Lipinski definition) is 3. The zero-order chi connectivity index (χ0) is 15.2. The second-order valence-corrected chi connectivity index (χ2v) is 10.6. The average molecular weight is 360 g/mol. The third-order valence-electron chi connectivity index (χ3n) is 4.09. The summed E-state index contributed by atoms with van der Waals surface area (Å²) in [7, 11) is 0.0165. The standard InChI is InChI=1S/C15H26BrNO2Si/c1-5-20(6-2,7-3)19-15(11-17)12-8-9-14(18-4)13(16)10-12/h8-10,15H,5-7,11,17H2,1-4H3. The van der Waals surface area contributed by atoms with E-state index in [2.05, 4.69) is 42.8 Å². The molecule has 1 aromatic rings. The molecule has 0 aliphatic carbocycles. The molecule has 3 nitrogen and oxygen atoms in total. The largest absolute Gasteiger partial charge is 0.496 e. The molecule has 20 heavy (non-hydrogen) atoms. The molecule has 1 atom stereocenters. The quantitative estimate of drug-likeness (QED) is 0.695. The maximum Gasteiger partial charge on any atom is 0.192 e. The fraction of sp³-hybridized carbons (Fsp3) is 0.600. The van der Waals surface area contributed by atoms with E-state index in [9.17, 15) is 0 Å². The Bertz CT molecular complexity index is 416. The second-order valence-electron chi connectivity index (χ2n) is 4.98. The van der Waals surface area contributed by atoms with Crippen LogP contribution >= 0.6 is 15.9 Å². The third kappa shape index (κ3) is 4.07. The summed E-state index contributed by atoms with van der Waals surface area (Å²) in [4.78, 5) is 0. The van der Waals surface area contributed by atoms with Gasteiger partial charge in [-0.2, -0.15) is 0 Å². The van der Waals surface area contributed by atoms with E-state index in [1.807, 2.05) is 12.1 Å². The van der Waals surface area contributed by atoms with E-state index in [0.29, 0.717) is 6.54 Å². The maximum absolute atomic E-state index is 6.50. The number of methoxy groups -OCH3 is 1. The lowest BCUT2D eigenvalue weighted by molar-refractivity contribution is 0.198. The molecule has 1 unspecified atom stereocenters. The van der Waals surface area contributed by atoms with Crippen LogP contribution in [0.5, 0.6) is 5.75 Å². The van der Waals surface area contributed by atoms with Crippen LogP contribution in [0.1, 0.15) is 32.4 Å². The van der Waals surface area contributed by atoms with Crippen molar-refractivity contribution in [3.63, 3.8) is 0 Å². The van der Waals surface area contributed by atoms with Gasteiger partial charge in [-0.15, -0.1) is 0 Å². The Kier molecular flexibility index (Phi) is 7.23. The van der Waals surface area contributed by atoms with Crippen molar-refractivity contribution in [2.45, 2.75) is 45.0 Å². The Labute approximate surface area is 132 Å². The summed E-state index contributed by atoms with van der Waals surface area (Å²) in [5.74, 6) is 0.828. The normalized spacial score (nSPS) is 13.3. The Morgan fingerprint density at radius 3 is 2.20 bits per heavy atom. The molecule has 5 heteroatoms. The summed E-state index contributed by atoms with van der Waals surface area (Å²) in [6.45, 7) is 7.21. The molecular weight excluding hydrogens is 334 g/mol. The molecule has 2 N–H and O–H groups in total. The lowest BCUT2D eigenvalue weighted by Gasteiger charge is -2.33. The van der Waals surface area contributed by atoms with Crippen LogP contribution in [0.25, 0.3) is 0 Å². The van der Waals surface area contributed by atoms with Gasteiger partial charge in [0.15, 0.2) is 8.32 Å². The number of hydrogen-bond donors (Lipinski definition) is 1. The summed E-state index contributed by atoms with van der Waals surface area (Å²) in [5, 5.41) is 0. The first-order valence-electron chi connectivity index (χ1n) is 7.27. The van der Waals surface area contributed by atoms with Gasteiger partial charge in [-0.1, -0.05) is 26.8 Å². The van der Waals surface area contributed by atoms with Crippen LogP contribution in [0.2, 0.25) is 18.1 Å². The van der Waals surface area contributed by atoms with E-state index in [1.165, 1.54) is 0 Å². The van der Waals surface area contributed by atoms with Crippen molar-refractivity contribution in [1.29, 1.82) is 0 Å². The van der Waals surface area contributed by atoms with Gasteiger partial charge in [0, 0.05) is 6.54 Å². The molecule has 0 radical (unpaired) electrons. The van der Waals surface area contributed by atoms with Crippen molar-refractivity contribution >= 4 is 24.2 Å². The predicted molar refractivity (Wildman–Crippen MR) is 90.8 cm³/mol. The summed E-state index contributed by atoms with van der Waals surface area (Å²) < 4.78 is 12.7. The Morgan fingerprint density at radius 2 is 1.80 bits per heavy atom. The highest BCUT2D eigenvalue weighted by atomic mass is 79.9. The van der Waals surface area contributed by atoms with Crippen molar-refractivity contribution in [2.24, 2.45) is 5.73 Å². The molecule has 0 saturated carbocycles. The number of ether oxygens (including phenoxy) is 1. The smallest absolute Gasteiger partial charge is 0.192 e. The van der Waals surface area contributed by atoms with E-state index in [-0.39, 0.29) is 6.10 Å². The van der Waals surface area contributed by atoms with Gasteiger partial charge in [-0.3, -0.25) is 0 Å². The van der Waals surface area contributed by atoms with E-state index in [0.717, 1.165) is 33.9 Å². The molecule has 0 amide bonds. The SMILES string of the molecule is CC[Si](CC)(CC)OC(CN)c1ccc(OC)c(Br)c1. The van der Waals surface area contributed by atoms with Crippen molar-refractivity contribution in [3.05, 3.63) is 28.2 Å². The minimum atomic E-state index is -1.65. The molecule has 0 aliphatic heterocycles. The van der Waals surface area contributed by atoms with Crippen LogP contribution in [-0.2, 0) is 4.43 Å². The van der Waals surface area contributed by atoms with Crippen LogP contribution in [0.4, 0.5) is 0 Å². The predicted octanol–water partition coefficient (Wildman–Crippen LogP) is 4.48. The summed E-state index contributed by atoms with van der Waals surface area (Å²) in [6, 6.07) is 9.45. The highest BCUT2D eigenvalue weighted by Gasteiger charge is 2.32. The van der Waals surface area contributed by atoms with Gasteiger partial charge < -0.3 is 14.9 Å². The zero-order valence-electron chi connectivity index (χ0n) is 12.9. The fourth-order valence-corrected chi connectivity index (χ4v) is 5.83. The summed E-state index contributed by atoms with van der Waals surface area (Å²) in [6.07, 6.45) is -0.0243. The molecule has 0 spiro atoms. The minimum absolute atomic E-state index is 0.0243. The van der Waals surface area contributed by atoms with Crippen molar-refractivity contribution in [1.82, 2.24) is 0 Å². The minimum Gasteiger partial charge on any atom is -0.496 e. The molecule has 1 aromatic carbocycles. The molecular formula is C15H26BrNO2Si. The first-order valence-corrected chi connectivity index (χ1v) is 10.6. The fourth-order valence-electron chi connectivity index (χ4n) is 2.44. The van der Waals surface area contributed by atoms with Gasteiger partial charge in [0.25, 0.3) is 0 Å². The van der Waals surface area contributed by atoms with E-state index in [4.69, 9.17) is 14.9 Å². The number of halogens is 1. The van der Waals surface area contributed by atoms with Gasteiger partial charge >= 0.3 is 0 Å². The monoisotopic (exact) mass is 359 g/mol. The molecule has 0 aromatic heterocycles. The van der Waals surface area contributed by atoms with Crippen molar-refractivity contribution in [2.75, 3.05) is 13.7 Å². The van der Waals surface area contributed by atoms with E-state index in [1.54, 1.807) is 7.11 Å². The first kappa shape index (κ1) is 17.7. The average Bonchev–Trinajstić information content (AvgIpc) is 2.49. The van der Waals surface area contributed by atoms with Gasteiger partial charge in [-0.25, -0.2) is 0 Å². The van der Waals surface area contributed by atoms with Crippen molar-refractivity contribution < 1.29 is 9.16 Å².